The minimum Gasteiger partial charge on any atom is -0.466 e. The highest BCUT2D eigenvalue weighted by Crippen LogP contribution is 2.23. The molecule has 2 N–H and O–H groups in total. The van der Waals surface area contributed by atoms with Crippen LogP contribution in [-0.2, 0) is 9.53 Å². The lowest BCUT2D eigenvalue weighted by Crippen LogP contribution is -2.29. The van der Waals surface area contributed by atoms with E-state index in [9.17, 15) is 9.90 Å². The van der Waals surface area contributed by atoms with Gasteiger partial charge < -0.3 is 15.2 Å². The van der Waals surface area contributed by atoms with Gasteiger partial charge in [0, 0.05) is 13.0 Å². The van der Waals surface area contributed by atoms with Crippen molar-refractivity contribution in [3.63, 3.8) is 0 Å². The second-order valence-corrected chi connectivity index (χ2v) is 12.2. The Labute approximate surface area is 245 Å². The number of carbonyl (C=O) groups is 1. The summed E-state index contributed by atoms with van der Waals surface area (Å²) in [6.07, 6.45) is 31.7. The fraction of sp³-hybridized carbons (Fsp3) is 0.971. The lowest BCUT2D eigenvalue weighted by atomic mass is 9.89. The van der Waals surface area contributed by atoms with Crippen LogP contribution in [-0.4, -0.2) is 36.9 Å². The molecule has 0 aliphatic carbocycles. The van der Waals surface area contributed by atoms with E-state index < -0.39 is 0 Å². The third-order valence-electron chi connectivity index (χ3n) is 8.16. The first-order valence-corrected chi connectivity index (χ1v) is 17.7. The van der Waals surface area contributed by atoms with Gasteiger partial charge in [0.15, 0.2) is 0 Å². The highest BCUT2D eigenvalue weighted by Gasteiger charge is 2.14. The van der Waals surface area contributed by atoms with Gasteiger partial charge in [-0.15, -0.1) is 0 Å². The van der Waals surface area contributed by atoms with Gasteiger partial charge in [0.25, 0.3) is 0 Å². The number of esters is 1. The second-order valence-electron chi connectivity index (χ2n) is 12.2. The number of aliphatic hydroxyl groups excluding tert-OH is 1. The number of unbranched alkanes of at least 4 members (excludes halogenated alkanes) is 18. The molecule has 39 heavy (non-hydrogen) atoms. The molecule has 0 saturated heterocycles. The molecule has 0 bridgehead atoms. The summed E-state index contributed by atoms with van der Waals surface area (Å²) >= 11 is 0. The average Bonchev–Trinajstić information content (AvgIpc) is 2.93. The summed E-state index contributed by atoms with van der Waals surface area (Å²) in [4.78, 5) is 11.7. The summed E-state index contributed by atoms with van der Waals surface area (Å²) in [5.41, 5.74) is 0. The molecule has 0 heterocycles. The van der Waals surface area contributed by atoms with Crippen molar-refractivity contribution in [2.24, 2.45) is 5.92 Å². The Bertz CT molecular complexity index is 485. The van der Waals surface area contributed by atoms with Gasteiger partial charge in [-0.1, -0.05) is 156 Å². The Kier molecular flexibility index (Phi) is 31.4. The molecule has 0 aliphatic heterocycles. The van der Waals surface area contributed by atoms with Crippen molar-refractivity contribution >= 4 is 5.97 Å². The molecule has 0 rings (SSSR count). The quantitative estimate of drug-likeness (QED) is 0.0642. The van der Waals surface area contributed by atoms with Crippen LogP contribution in [0.3, 0.4) is 0 Å². The van der Waals surface area contributed by atoms with E-state index in [2.05, 4.69) is 26.1 Å². The molecule has 4 heteroatoms. The number of hydrogen-bond acceptors (Lipinski definition) is 4. The molecule has 234 valence electrons. The number of nitrogens with one attached hydrogen (secondary N) is 1. The molecule has 2 atom stereocenters. The van der Waals surface area contributed by atoms with Crippen molar-refractivity contribution in [2.45, 2.75) is 194 Å². The summed E-state index contributed by atoms with van der Waals surface area (Å²) in [7, 11) is 0. The van der Waals surface area contributed by atoms with Crippen LogP contribution in [0.2, 0.25) is 0 Å². The Morgan fingerprint density at radius 2 is 1.08 bits per heavy atom. The molecular weight excluding hydrogens is 482 g/mol. The Morgan fingerprint density at radius 3 is 1.67 bits per heavy atom. The monoisotopic (exact) mass is 554 g/mol. The predicted molar refractivity (Wildman–Crippen MR) is 170 cm³/mol. The van der Waals surface area contributed by atoms with Crippen molar-refractivity contribution in [2.75, 3.05) is 19.7 Å². The zero-order valence-corrected chi connectivity index (χ0v) is 26.9. The van der Waals surface area contributed by atoms with Crippen LogP contribution < -0.4 is 5.32 Å². The molecule has 0 aromatic heterocycles. The first-order chi connectivity index (χ1) is 19.1. The average molecular weight is 554 g/mol. The lowest BCUT2D eigenvalue weighted by Gasteiger charge is -2.21. The number of rotatable bonds is 32. The van der Waals surface area contributed by atoms with Crippen LogP contribution in [0, 0.1) is 5.92 Å². The van der Waals surface area contributed by atoms with Gasteiger partial charge in [-0.25, -0.2) is 0 Å². The highest BCUT2D eigenvalue weighted by atomic mass is 16.5. The van der Waals surface area contributed by atoms with Crippen LogP contribution in [0.4, 0.5) is 0 Å². The largest absolute Gasteiger partial charge is 0.466 e. The molecule has 0 fully saturated rings. The van der Waals surface area contributed by atoms with E-state index in [-0.39, 0.29) is 12.1 Å². The highest BCUT2D eigenvalue weighted by molar-refractivity contribution is 5.69. The van der Waals surface area contributed by atoms with E-state index in [1.165, 1.54) is 128 Å². The maximum absolute atomic E-state index is 11.7. The number of aliphatic hydroxyl groups is 1. The van der Waals surface area contributed by atoms with Gasteiger partial charge >= 0.3 is 5.97 Å². The lowest BCUT2D eigenvalue weighted by molar-refractivity contribution is -0.143. The Hall–Kier alpha value is -0.610. The summed E-state index contributed by atoms with van der Waals surface area (Å²) < 4.78 is 5.36. The molecular formula is C35H71NO3. The third kappa shape index (κ3) is 30.2. The van der Waals surface area contributed by atoms with Gasteiger partial charge in [0.05, 0.1) is 12.7 Å². The smallest absolute Gasteiger partial charge is 0.305 e. The standard InChI is InChI=1S/C35H71NO3/c1-4-7-10-13-18-22-27-33(26-21-12-9-6-3)31-34(37)32-36-29-24-19-15-14-16-20-25-30-39-35(38)28-23-17-11-8-5-2/h33-34,36-37H,4-32H2,1-3H3/t33?,34-/m1/s1. The van der Waals surface area contributed by atoms with E-state index in [0.29, 0.717) is 18.9 Å². The van der Waals surface area contributed by atoms with Crippen LogP contribution in [0.1, 0.15) is 188 Å². The van der Waals surface area contributed by atoms with Gasteiger partial charge in [-0.2, -0.15) is 0 Å². The number of ether oxygens (including phenoxy) is 1. The molecule has 0 aliphatic rings. The molecule has 0 aromatic rings. The molecule has 0 spiro atoms. The fourth-order valence-electron chi connectivity index (χ4n) is 5.56. The topological polar surface area (TPSA) is 58.6 Å². The maximum atomic E-state index is 11.7. The van der Waals surface area contributed by atoms with E-state index in [1.54, 1.807) is 0 Å². The Balaban J connectivity index is 3.67. The van der Waals surface area contributed by atoms with Crippen LogP contribution in [0.15, 0.2) is 0 Å². The van der Waals surface area contributed by atoms with Gasteiger partial charge in [-0.05, 0) is 38.1 Å². The number of hydrogen-bond donors (Lipinski definition) is 2. The van der Waals surface area contributed by atoms with Crippen molar-refractivity contribution in [1.29, 1.82) is 0 Å². The Morgan fingerprint density at radius 1 is 0.615 bits per heavy atom. The normalized spacial score (nSPS) is 13.0. The first-order valence-electron chi connectivity index (χ1n) is 17.7. The van der Waals surface area contributed by atoms with Crippen molar-refractivity contribution in [3.8, 4) is 0 Å². The summed E-state index contributed by atoms with van der Waals surface area (Å²) in [6, 6.07) is 0. The van der Waals surface area contributed by atoms with E-state index in [0.717, 1.165) is 45.2 Å². The minimum atomic E-state index is -0.198. The van der Waals surface area contributed by atoms with Gasteiger partial charge in [-0.3, -0.25) is 4.79 Å². The van der Waals surface area contributed by atoms with Crippen LogP contribution in [0.25, 0.3) is 0 Å². The zero-order valence-electron chi connectivity index (χ0n) is 26.9. The molecule has 0 aromatic carbocycles. The molecule has 0 radical (unpaired) electrons. The third-order valence-corrected chi connectivity index (χ3v) is 8.16. The van der Waals surface area contributed by atoms with Gasteiger partial charge in [0.1, 0.15) is 0 Å². The van der Waals surface area contributed by atoms with E-state index in [4.69, 9.17) is 4.74 Å². The SMILES string of the molecule is CCCCCCCCC(CCCCCC)C[C@@H](O)CNCCCCCCCCCOC(=O)CCCCCCC. The van der Waals surface area contributed by atoms with Gasteiger partial charge in [0.2, 0.25) is 0 Å². The predicted octanol–water partition coefficient (Wildman–Crippen LogP) is 10.3. The molecule has 0 saturated carbocycles. The molecule has 1 unspecified atom stereocenters. The van der Waals surface area contributed by atoms with Crippen molar-refractivity contribution in [3.05, 3.63) is 0 Å². The first kappa shape index (κ1) is 38.4. The summed E-state index contributed by atoms with van der Waals surface area (Å²) in [5.74, 6) is 0.688. The van der Waals surface area contributed by atoms with E-state index in [1.807, 2.05) is 0 Å². The fourth-order valence-corrected chi connectivity index (χ4v) is 5.56. The van der Waals surface area contributed by atoms with Crippen molar-refractivity contribution in [1.82, 2.24) is 5.32 Å². The maximum Gasteiger partial charge on any atom is 0.305 e. The second kappa shape index (κ2) is 31.9. The molecule has 4 nitrogen and oxygen atoms in total. The van der Waals surface area contributed by atoms with Crippen LogP contribution >= 0.6 is 0 Å². The number of carbonyl (C=O) groups excluding carboxylic acids is 1. The van der Waals surface area contributed by atoms with Crippen molar-refractivity contribution < 1.29 is 14.6 Å². The summed E-state index contributed by atoms with van der Waals surface area (Å²) in [6.45, 7) is 9.14. The minimum absolute atomic E-state index is 0.00980. The van der Waals surface area contributed by atoms with E-state index >= 15 is 0 Å². The molecule has 0 amide bonds. The zero-order chi connectivity index (χ0) is 28.7. The van der Waals surface area contributed by atoms with Crippen LogP contribution in [0.5, 0.6) is 0 Å². The summed E-state index contributed by atoms with van der Waals surface area (Å²) in [5, 5.41) is 14.2.